The number of methoxy groups -OCH3 is 1. The Hall–Kier alpha value is -1.80. The number of benzene rings is 1. The Bertz CT molecular complexity index is 539. The van der Waals surface area contributed by atoms with E-state index in [0.29, 0.717) is 18.1 Å². The quantitative estimate of drug-likeness (QED) is 0.576. The largest absolute Gasteiger partial charge is 0.490 e. The van der Waals surface area contributed by atoms with Crippen LogP contribution in [-0.4, -0.2) is 48.2 Å². The van der Waals surface area contributed by atoms with Gasteiger partial charge in [0.15, 0.2) is 5.75 Å². The highest BCUT2D eigenvalue weighted by Gasteiger charge is 2.16. The molecule has 122 valence electrons. The molecule has 1 aromatic rings. The standard InChI is InChI=1S/C14H21N3O4S/c1-10(7-15)16(2)14(18)9-22-8-11-4-5-13(21-3)12(6-11)17(19)20/h4-6,10H,7-9,15H2,1-3H3. The fourth-order valence-corrected chi connectivity index (χ4v) is 2.63. The Balaban J connectivity index is 2.60. The maximum absolute atomic E-state index is 11.9. The molecule has 0 aliphatic rings. The molecule has 0 fully saturated rings. The number of rotatable bonds is 8. The molecule has 0 heterocycles. The summed E-state index contributed by atoms with van der Waals surface area (Å²) >= 11 is 1.41. The zero-order valence-electron chi connectivity index (χ0n) is 12.9. The van der Waals surface area contributed by atoms with Gasteiger partial charge >= 0.3 is 5.69 Å². The summed E-state index contributed by atoms with van der Waals surface area (Å²) in [6, 6.07) is 4.80. The van der Waals surface area contributed by atoms with E-state index in [1.165, 1.54) is 24.9 Å². The maximum Gasteiger partial charge on any atom is 0.311 e. The average Bonchev–Trinajstić information content (AvgIpc) is 2.52. The fraction of sp³-hybridized carbons (Fsp3) is 0.500. The van der Waals surface area contributed by atoms with Crippen molar-refractivity contribution in [3.05, 3.63) is 33.9 Å². The van der Waals surface area contributed by atoms with Crippen LogP contribution < -0.4 is 10.5 Å². The summed E-state index contributed by atoms with van der Waals surface area (Å²) in [5, 5.41) is 11.0. The van der Waals surface area contributed by atoms with Gasteiger partial charge in [0.05, 0.1) is 17.8 Å². The highest BCUT2D eigenvalue weighted by atomic mass is 32.2. The SMILES string of the molecule is COc1ccc(CSCC(=O)N(C)C(C)CN)cc1[N+](=O)[O-]. The molecular weight excluding hydrogens is 306 g/mol. The number of carbonyl (C=O) groups is 1. The van der Waals surface area contributed by atoms with Gasteiger partial charge in [0, 0.05) is 31.5 Å². The normalized spacial score (nSPS) is 11.8. The van der Waals surface area contributed by atoms with E-state index in [2.05, 4.69) is 0 Å². The number of ether oxygens (including phenoxy) is 1. The number of likely N-dealkylation sites (N-methyl/N-ethyl adjacent to an activating group) is 1. The van der Waals surface area contributed by atoms with Crippen LogP contribution in [0.15, 0.2) is 18.2 Å². The van der Waals surface area contributed by atoms with Gasteiger partial charge in [-0.25, -0.2) is 0 Å². The molecule has 2 N–H and O–H groups in total. The van der Waals surface area contributed by atoms with Crippen molar-refractivity contribution in [2.75, 3.05) is 26.5 Å². The minimum atomic E-state index is -0.477. The lowest BCUT2D eigenvalue weighted by Gasteiger charge is -2.23. The van der Waals surface area contributed by atoms with Crippen LogP contribution in [0.25, 0.3) is 0 Å². The topological polar surface area (TPSA) is 98.7 Å². The van der Waals surface area contributed by atoms with Crippen molar-refractivity contribution in [1.29, 1.82) is 0 Å². The van der Waals surface area contributed by atoms with E-state index < -0.39 is 4.92 Å². The van der Waals surface area contributed by atoms with Gasteiger partial charge in [-0.1, -0.05) is 6.07 Å². The molecule has 1 atom stereocenters. The lowest BCUT2D eigenvalue weighted by Crippen LogP contribution is -2.40. The van der Waals surface area contributed by atoms with Crippen molar-refractivity contribution < 1.29 is 14.5 Å². The molecule has 0 saturated heterocycles. The second kappa shape index (κ2) is 8.60. The summed E-state index contributed by atoms with van der Waals surface area (Å²) in [5.41, 5.74) is 6.24. The smallest absolute Gasteiger partial charge is 0.311 e. The van der Waals surface area contributed by atoms with Gasteiger partial charge in [-0.2, -0.15) is 0 Å². The number of nitro benzene ring substituents is 1. The van der Waals surface area contributed by atoms with E-state index in [9.17, 15) is 14.9 Å². The Labute approximate surface area is 134 Å². The summed E-state index contributed by atoms with van der Waals surface area (Å²) in [6.45, 7) is 2.30. The summed E-state index contributed by atoms with van der Waals surface area (Å²) in [5.74, 6) is 1.04. The van der Waals surface area contributed by atoms with Crippen LogP contribution in [0, 0.1) is 10.1 Å². The number of nitrogens with two attached hydrogens (primary N) is 1. The first-order valence-corrected chi connectivity index (χ1v) is 7.91. The molecule has 0 radical (unpaired) electrons. The minimum Gasteiger partial charge on any atom is -0.490 e. The van der Waals surface area contributed by atoms with Gasteiger partial charge in [-0.3, -0.25) is 14.9 Å². The highest BCUT2D eigenvalue weighted by molar-refractivity contribution is 7.99. The summed E-state index contributed by atoms with van der Waals surface area (Å²) in [7, 11) is 3.11. The number of nitrogens with zero attached hydrogens (tertiary/aromatic N) is 2. The summed E-state index contributed by atoms with van der Waals surface area (Å²) < 4.78 is 4.95. The van der Waals surface area contributed by atoms with Gasteiger partial charge in [-0.05, 0) is 18.6 Å². The highest BCUT2D eigenvalue weighted by Crippen LogP contribution is 2.29. The third-order valence-electron chi connectivity index (χ3n) is 3.33. The van der Waals surface area contributed by atoms with Gasteiger partial charge in [-0.15, -0.1) is 11.8 Å². The predicted octanol–water partition coefficient (Wildman–Crippen LogP) is 1.64. The van der Waals surface area contributed by atoms with E-state index in [1.807, 2.05) is 6.92 Å². The number of nitro groups is 1. The van der Waals surface area contributed by atoms with Gasteiger partial charge in [0.2, 0.25) is 5.91 Å². The van der Waals surface area contributed by atoms with E-state index in [1.54, 1.807) is 24.1 Å². The number of hydrogen-bond donors (Lipinski definition) is 1. The van der Waals surface area contributed by atoms with E-state index >= 15 is 0 Å². The zero-order valence-corrected chi connectivity index (χ0v) is 13.8. The van der Waals surface area contributed by atoms with E-state index in [0.717, 1.165) is 5.56 Å². The van der Waals surface area contributed by atoms with Crippen molar-refractivity contribution in [2.24, 2.45) is 5.73 Å². The van der Waals surface area contributed by atoms with Crippen LogP contribution >= 0.6 is 11.8 Å². The zero-order chi connectivity index (χ0) is 16.7. The summed E-state index contributed by atoms with van der Waals surface area (Å²) in [4.78, 5) is 24.0. The second-order valence-electron chi connectivity index (χ2n) is 4.85. The van der Waals surface area contributed by atoms with Crippen LogP contribution in [-0.2, 0) is 10.5 Å². The second-order valence-corrected chi connectivity index (χ2v) is 5.83. The Morgan fingerprint density at radius 2 is 2.23 bits per heavy atom. The number of hydrogen-bond acceptors (Lipinski definition) is 6. The molecule has 0 spiro atoms. The Kier molecular flexibility index (Phi) is 7.13. The van der Waals surface area contributed by atoms with Crippen LogP contribution in [0.4, 0.5) is 5.69 Å². The van der Waals surface area contributed by atoms with Crippen LogP contribution in [0.2, 0.25) is 0 Å². The van der Waals surface area contributed by atoms with Crippen LogP contribution in [0.3, 0.4) is 0 Å². The molecule has 8 heteroatoms. The average molecular weight is 327 g/mol. The molecule has 0 aliphatic heterocycles. The monoisotopic (exact) mass is 327 g/mol. The van der Waals surface area contributed by atoms with Gasteiger partial charge in [0.1, 0.15) is 0 Å². The number of amides is 1. The van der Waals surface area contributed by atoms with Crippen LogP contribution in [0.1, 0.15) is 12.5 Å². The molecular formula is C14H21N3O4S. The molecule has 1 aromatic carbocycles. The molecule has 0 bridgehead atoms. The predicted molar refractivity (Wildman–Crippen MR) is 87.1 cm³/mol. The molecule has 0 aliphatic carbocycles. The van der Waals surface area contributed by atoms with Crippen molar-refractivity contribution in [1.82, 2.24) is 4.90 Å². The molecule has 1 unspecified atom stereocenters. The minimum absolute atomic E-state index is 0.00447. The van der Waals surface area contributed by atoms with E-state index in [4.69, 9.17) is 10.5 Å². The molecule has 0 aromatic heterocycles. The molecule has 1 rings (SSSR count). The fourth-order valence-electron chi connectivity index (χ4n) is 1.73. The lowest BCUT2D eigenvalue weighted by atomic mass is 10.2. The summed E-state index contributed by atoms with van der Waals surface area (Å²) in [6.07, 6.45) is 0. The first-order valence-electron chi connectivity index (χ1n) is 6.75. The van der Waals surface area contributed by atoms with Crippen molar-refractivity contribution in [2.45, 2.75) is 18.7 Å². The number of carbonyl (C=O) groups excluding carboxylic acids is 1. The Morgan fingerprint density at radius 3 is 2.77 bits per heavy atom. The van der Waals surface area contributed by atoms with Crippen molar-refractivity contribution in [3.63, 3.8) is 0 Å². The van der Waals surface area contributed by atoms with Crippen molar-refractivity contribution in [3.8, 4) is 5.75 Å². The first-order chi connectivity index (χ1) is 10.4. The first kappa shape index (κ1) is 18.2. The lowest BCUT2D eigenvalue weighted by molar-refractivity contribution is -0.385. The van der Waals surface area contributed by atoms with E-state index in [-0.39, 0.29) is 23.4 Å². The maximum atomic E-state index is 11.9. The van der Waals surface area contributed by atoms with Crippen molar-refractivity contribution >= 4 is 23.4 Å². The van der Waals surface area contributed by atoms with Crippen LogP contribution in [0.5, 0.6) is 5.75 Å². The van der Waals surface area contributed by atoms with Gasteiger partial charge < -0.3 is 15.4 Å². The molecule has 1 amide bonds. The molecule has 22 heavy (non-hydrogen) atoms. The Morgan fingerprint density at radius 1 is 1.55 bits per heavy atom. The number of thioether (sulfide) groups is 1. The van der Waals surface area contributed by atoms with Gasteiger partial charge in [0.25, 0.3) is 0 Å². The third kappa shape index (κ3) is 4.88. The third-order valence-corrected chi connectivity index (χ3v) is 4.32. The molecule has 7 nitrogen and oxygen atoms in total. The molecule has 0 saturated carbocycles.